The Hall–Kier alpha value is -4.39. The fourth-order valence-electron chi connectivity index (χ4n) is 4.24. The molecule has 0 aliphatic carbocycles. The summed E-state index contributed by atoms with van der Waals surface area (Å²) in [7, 11) is 0. The lowest BCUT2D eigenvalue weighted by Crippen LogP contribution is -2.44. The molecule has 0 saturated heterocycles. The van der Waals surface area contributed by atoms with E-state index in [1.165, 1.54) is 4.90 Å². The number of rotatable bonds is 13. The van der Waals surface area contributed by atoms with E-state index < -0.39 is 35.5 Å². The van der Waals surface area contributed by atoms with Crippen LogP contribution in [0.2, 0.25) is 0 Å². The molecule has 0 radical (unpaired) electrons. The minimum atomic E-state index is -1.03. The number of carbonyl (C=O) groups excluding carboxylic acids is 3. The van der Waals surface area contributed by atoms with Crippen molar-refractivity contribution in [1.82, 2.24) is 4.90 Å². The highest BCUT2D eigenvalue weighted by atomic mass is 16.6. The van der Waals surface area contributed by atoms with Gasteiger partial charge in [0, 0.05) is 13.1 Å². The van der Waals surface area contributed by atoms with Gasteiger partial charge in [-0.1, -0.05) is 97.1 Å². The van der Waals surface area contributed by atoms with Gasteiger partial charge in [0.1, 0.15) is 18.8 Å². The van der Waals surface area contributed by atoms with Gasteiger partial charge in [0.2, 0.25) is 0 Å². The van der Waals surface area contributed by atoms with E-state index in [2.05, 4.69) is 6.58 Å². The van der Waals surface area contributed by atoms with Crippen molar-refractivity contribution < 1.29 is 28.6 Å². The van der Waals surface area contributed by atoms with Crippen LogP contribution in [0.4, 0.5) is 4.79 Å². The van der Waals surface area contributed by atoms with E-state index in [1.54, 1.807) is 26.8 Å². The molecule has 0 aliphatic rings. The number of hydrogen-bond acceptors (Lipinski definition) is 6. The van der Waals surface area contributed by atoms with Gasteiger partial charge in [0.05, 0.1) is 11.8 Å². The standard InChI is InChI=1S/C34H39NO6/c1-5-15-29(32(37)41-34(2,3)4)30(31(36)39-24-27-18-11-7-12-19-27)23-35(22-26-16-9-6-10-17-26)33(38)40-25-28-20-13-8-14-21-28/h5-14,16-21,29-30H,1,15,22-25H2,2-4H3/t29-,30?/m0/s1. The molecule has 216 valence electrons. The Balaban J connectivity index is 1.90. The third-order valence-corrected chi connectivity index (χ3v) is 6.24. The number of allylic oxidation sites excluding steroid dienone is 1. The Kier molecular flexibility index (Phi) is 11.7. The normalized spacial score (nSPS) is 12.5. The van der Waals surface area contributed by atoms with Gasteiger partial charge in [-0.25, -0.2) is 4.79 Å². The summed E-state index contributed by atoms with van der Waals surface area (Å²) < 4.78 is 17.0. The first-order valence-corrected chi connectivity index (χ1v) is 13.7. The Morgan fingerprint density at radius 1 is 0.732 bits per heavy atom. The first kappa shape index (κ1) is 31.1. The van der Waals surface area contributed by atoms with Gasteiger partial charge in [-0.05, 0) is 43.9 Å². The van der Waals surface area contributed by atoms with Gasteiger partial charge in [-0.2, -0.15) is 0 Å². The van der Waals surface area contributed by atoms with Gasteiger partial charge >= 0.3 is 18.0 Å². The molecule has 1 unspecified atom stereocenters. The van der Waals surface area contributed by atoms with Crippen LogP contribution in [0.1, 0.15) is 43.9 Å². The fourth-order valence-corrected chi connectivity index (χ4v) is 4.24. The van der Waals surface area contributed by atoms with Crippen LogP contribution in [-0.2, 0) is 43.6 Å². The molecule has 0 fully saturated rings. The zero-order valence-electron chi connectivity index (χ0n) is 24.0. The molecule has 3 aromatic rings. The molecule has 0 aliphatic heterocycles. The third kappa shape index (κ3) is 10.6. The molecule has 0 spiro atoms. The lowest BCUT2D eigenvalue weighted by Gasteiger charge is -2.31. The van der Waals surface area contributed by atoms with Crippen molar-refractivity contribution >= 4 is 18.0 Å². The maximum atomic E-state index is 13.6. The molecular formula is C34H39NO6. The second kappa shape index (κ2) is 15.4. The molecule has 1 amide bonds. The van der Waals surface area contributed by atoms with Crippen LogP contribution in [0.5, 0.6) is 0 Å². The van der Waals surface area contributed by atoms with Gasteiger partial charge in [-0.3, -0.25) is 9.59 Å². The quantitative estimate of drug-likeness (QED) is 0.132. The van der Waals surface area contributed by atoms with Crippen LogP contribution in [0, 0.1) is 11.8 Å². The molecule has 7 nitrogen and oxygen atoms in total. The van der Waals surface area contributed by atoms with Crippen molar-refractivity contribution in [2.45, 2.75) is 52.6 Å². The molecule has 0 saturated carbocycles. The topological polar surface area (TPSA) is 82.1 Å². The first-order valence-electron chi connectivity index (χ1n) is 13.7. The van der Waals surface area contributed by atoms with E-state index >= 15 is 0 Å². The first-order chi connectivity index (χ1) is 19.7. The van der Waals surface area contributed by atoms with E-state index in [1.807, 2.05) is 91.0 Å². The summed E-state index contributed by atoms with van der Waals surface area (Å²) >= 11 is 0. The number of hydrogen-bond donors (Lipinski definition) is 0. The number of nitrogens with zero attached hydrogens (tertiary/aromatic N) is 1. The Bertz CT molecular complexity index is 1250. The minimum Gasteiger partial charge on any atom is -0.461 e. The molecule has 2 atom stereocenters. The lowest BCUT2D eigenvalue weighted by atomic mass is 9.88. The summed E-state index contributed by atoms with van der Waals surface area (Å²) in [5.41, 5.74) is 1.71. The third-order valence-electron chi connectivity index (χ3n) is 6.24. The molecule has 0 bridgehead atoms. The highest BCUT2D eigenvalue weighted by Crippen LogP contribution is 2.26. The Morgan fingerprint density at radius 2 is 1.22 bits per heavy atom. The molecule has 7 heteroatoms. The Morgan fingerprint density at radius 3 is 1.71 bits per heavy atom. The van der Waals surface area contributed by atoms with E-state index in [0.29, 0.717) is 0 Å². The number of esters is 2. The number of benzene rings is 3. The van der Waals surface area contributed by atoms with Crippen molar-refractivity contribution in [1.29, 1.82) is 0 Å². The van der Waals surface area contributed by atoms with E-state index in [4.69, 9.17) is 14.2 Å². The van der Waals surface area contributed by atoms with Gasteiger partial charge in [-0.15, -0.1) is 6.58 Å². The Labute approximate surface area is 242 Å². The summed E-state index contributed by atoms with van der Waals surface area (Å²) in [6.45, 7) is 9.24. The number of amides is 1. The van der Waals surface area contributed by atoms with Crippen molar-refractivity contribution in [3.63, 3.8) is 0 Å². The maximum absolute atomic E-state index is 13.6. The van der Waals surface area contributed by atoms with Crippen molar-refractivity contribution in [2.24, 2.45) is 11.8 Å². The predicted octanol–water partition coefficient (Wildman–Crippen LogP) is 6.72. The smallest absolute Gasteiger partial charge is 0.410 e. The highest BCUT2D eigenvalue weighted by Gasteiger charge is 2.39. The summed E-state index contributed by atoms with van der Waals surface area (Å²) in [5.74, 6) is -3.12. The minimum absolute atomic E-state index is 0.0302. The van der Waals surface area contributed by atoms with Crippen LogP contribution in [0.25, 0.3) is 0 Å². The van der Waals surface area contributed by atoms with Gasteiger partial charge < -0.3 is 19.1 Å². The van der Waals surface area contributed by atoms with E-state index in [9.17, 15) is 14.4 Å². The molecule has 3 rings (SSSR count). The zero-order chi connectivity index (χ0) is 29.7. The van der Waals surface area contributed by atoms with E-state index in [0.717, 1.165) is 16.7 Å². The summed E-state index contributed by atoms with van der Waals surface area (Å²) in [6.07, 6.45) is 1.12. The molecule has 0 N–H and O–H groups in total. The van der Waals surface area contributed by atoms with Crippen LogP contribution in [-0.4, -0.2) is 35.1 Å². The zero-order valence-corrected chi connectivity index (χ0v) is 24.0. The SMILES string of the molecule is C=CC[C@H](C(=O)OC(C)(C)C)C(CN(Cc1ccccc1)C(=O)OCc1ccccc1)C(=O)OCc1ccccc1. The van der Waals surface area contributed by atoms with Crippen molar-refractivity contribution in [3.05, 3.63) is 120 Å². The molecular weight excluding hydrogens is 518 g/mol. The second-order valence-electron chi connectivity index (χ2n) is 10.8. The number of ether oxygens (including phenoxy) is 3. The fraction of sp³-hybridized carbons (Fsp3) is 0.324. The van der Waals surface area contributed by atoms with Crippen LogP contribution in [0.15, 0.2) is 104 Å². The van der Waals surface area contributed by atoms with Crippen LogP contribution < -0.4 is 0 Å². The van der Waals surface area contributed by atoms with Crippen LogP contribution >= 0.6 is 0 Å². The van der Waals surface area contributed by atoms with Crippen LogP contribution in [0.3, 0.4) is 0 Å². The molecule has 3 aromatic carbocycles. The summed E-state index contributed by atoms with van der Waals surface area (Å²) in [5, 5.41) is 0. The average Bonchev–Trinajstić information content (AvgIpc) is 2.96. The van der Waals surface area contributed by atoms with Gasteiger partial charge in [0.25, 0.3) is 0 Å². The van der Waals surface area contributed by atoms with Crippen molar-refractivity contribution in [3.8, 4) is 0 Å². The van der Waals surface area contributed by atoms with Crippen molar-refractivity contribution in [2.75, 3.05) is 6.54 Å². The number of carbonyl (C=O) groups is 3. The molecule has 0 aromatic heterocycles. The lowest BCUT2D eigenvalue weighted by molar-refractivity contribution is -0.169. The largest absolute Gasteiger partial charge is 0.461 e. The molecule has 0 heterocycles. The summed E-state index contributed by atoms with van der Waals surface area (Å²) in [4.78, 5) is 41.9. The molecule has 41 heavy (non-hydrogen) atoms. The average molecular weight is 558 g/mol. The summed E-state index contributed by atoms with van der Waals surface area (Å²) in [6, 6.07) is 28.0. The van der Waals surface area contributed by atoms with E-state index in [-0.39, 0.29) is 32.7 Å². The van der Waals surface area contributed by atoms with Gasteiger partial charge in [0.15, 0.2) is 0 Å². The monoisotopic (exact) mass is 557 g/mol. The maximum Gasteiger partial charge on any atom is 0.410 e. The second-order valence-corrected chi connectivity index (χ2v) is 10.8. The predicted molar refractivity (Wildman–Crippen MR) is 157 cm³/mol. The highest BCUT2D eigenvalue weighted by molar-refractivity contribution is 5.83.